The molecule has 0 saturated carbocycles. The van der Waals surface area contributed by atoms with E-state index in [4.69, 9.17) is 0 Å². The predicted octanol–water partition coefficient (Wildman–Crippen LogP) is 11.5. The average Bonchev–Trinajstić information content (AvgIpc) is 3.30. The number of amides is 2. The van der Waals surface area contributed by atoms with Gasteiger partial charge in [0.05, 0.1) is 6.04 Å². The van der Waals surface area contributed by atoms with Crippen molar-refractivity contribution in [3.63, 3.8) is 0 Å². The van der Waals surface area contributed by atoms with E-state index in [-0.39, 0.29) is 17.7 Å². The molecule has 47 heavy (non-hydrogen) atoms. The third kappa shape index (κ3) is 5.80. The zero-order chi connectivity index (χ0) is 31.6. The molecule has 7 aromatic rings. The fourth-order valence-corrected chi connectivity index (χ4v) is 10.4. The van der Waals surface area contributed by atoms with Crippen molar-refractivity contribution in [2.45, 2.75) is 24.0 Å². The lowest BCUT2D eigenvalue weighted by molar-refractivity contribution is 0.248. The quantitative estimate of drug-likeness (QED) is 0.177. The van der Waals surface area contributed by atoms with Gasteiger partial charge in [0.25, 0.3) is 0 Å². The Labute approximate surface area is 277 Å². The normalized spacial score (nSPS) is 14.0. The SMILES string of the molecule is O=C(Nc1ccccc1)N[C@@H](c1ccccc1)[C@H](c1ccccc1)P1Cc2ccc3ccccc3c2-c2c(ccc3ccccc23)C1. The average molecular weight is 627 g/mol. The molecule has 0 bridgehead atoms. The maximum Gasteiger partial charge on any atom is 0.319 e. The van der Waals surface area contributed by atoms with Crippen molar-refractivity contribution in [1.82, 2.24) is 5.32 Å². The number of benzene rings is 7. The maximum absolute atomic E-state index is 13.8. The highest BCUT2D eigenvalue weighted by Gasteiger charge is 2.36. The Morgan fingerprint density at radius 2 is 0.979 bits per heavy atom. The van der Waals surface area contributed by atoms with Crippen LogP contribution >= 0.6 is 7.92 Å². The van der Waals surface area contributed by atoms with Gasteiger partial charge in [0.15, 0.2) is 0 Å². The van der Waals surface area contributed by atoms with Crippen LogP contribution in [0.2, 0.25) is 0 Å². The fraction of sp³-hybridized carbons (Fsp3) is 0.0930. The van der Waals surface area contributed by atoms with E-state index in [1.165, 1.54) is 49.4 Å². The zero-order valence-electron chi connectivity index (χ0n) is 26.0. The Morgan fingerprint density at radius 1 is 0.511 bits per heavy atom. The second-order valence-corrected chi connectivity index (χ2v) is 14.6. The Bertz CT molecular complexity index is 2100. The third-order valence-electron chi connectivity index (χ3n) is 9.35. The van der Waals surface area contributed by atoms with E-state index in [2.05, 4.69) is 138 Å². The van der Waals surface area contributed by atoms with Crippen LogP contribution in [0.3, 0.4) is 0 Å². The minimum absolute atomic E-state index is 0.0619. The Hall–Kier alpha value is -5.24. The molecule has 1 aliphatic rings. The molecule has 0 unspecified atom stereocenters. The van der Waals surface area contributed by atoms with Gasteiger partial charge >= 0.3 is 6.03 Å². The summed E-state index contributed by atoms with van der Waals surface area (Å²) in [5.41, 5.74) is 8.67. The van der Waals surface area contributed by atoms with E-state index in [0.717, 1.165) is 23.6 Å². The van der Waals surface area contributed by atoms with Gasteiger partial charge in [0.1, 0.15) is 0 Å². The van der Waals surface area contributed by atoms with Gasteiger partial charge in [0, 0.05) is 11.3 Å². The second-order valence-electron chi connectivity index (χ2n) is 12.3. The molecule has 2 atom stereocenters. The molecule has 8 rings (SSSR count). The number of hydrogen-bond donors (Lipinski definition) is 2. The molecular weight excluding hydrogens is 591 g/mol. The van der Waals surface area contributed by atoms with Crippen LogP contribution in [0.25, 0.3) is 32.7 Å². The summed E-state index contributed by atoms with van der Waals surface area (Å²) in [6.45, 7) is 0. The van der Waals surface area contributed by atoms with Crippen molar-refractivity contribution < 1.29 is 4.79 Å². The van der Waals surface area contributed by atoms with Crippen molar-refractivity contribution in [2.75, 3.05) is 5.32 Å². The lowest BCUT2D eigenvalue weighted by atomic mass is 9.88. The molecule has 2 N–H and O–H groups in total. The molecule has 0 radical (unpaired) electrons. The summed E-state index contributed by atoms with van der Waals surface area (Å²) in [5.74, 6) is 0. The monoisotopic (exact) mass is 626 g/mol. The van der Waals surface area contributed by atoms with Crippen LogP contribution in [-0.2, 0) is 12.3 Å². The number of urea groups is 1. The highest BCUT2D eigenvalue weighted by atomic mass is 31.1. The molecule has 1 heterocycles. The van der Waals surface area contributed by atoms with E-state index in [9.17, 15) is 4.79 Å². The lowest BCUT2D eigenvalue weighted by Crippen LogP contribution is -2.35. The number of rotatable bonds is 6. The Morgan fingerprint density at radius 3 is 1.53 bits per heavy atom. The molecule has 0 spiro atoms. The van der Waals surface area contributed by atoms with Crippen LogP contribution < -0.4 is 10.6 Å². The summed E-state index contributed by atoms with van der Waals surface area (Å²) in [7, 11) is -0.717. The third-order valence-corrected chi connectivity index (χ3v) is 12.2. The van der Waals surface area contributed by atoms with Crippen LogP contribution in [-0.4, -0.2) is 6.03 Å². The van der Waals surface area contributed by atoms with Gasteiger partial charge in [-0.05, 0) is 79.4 Å². The van der Waals surface area contributed by atoms with Gasteiger partial charge in [-0.15, -0.1) is 0 Å². The van der Waals surface area contributed by atoms with Crippen molar-refractivity contribution in [1.29, 1.82) is 0 Å². The fourth-order valence-electron chi connectivity index (χ4n) is 7.28. The molecule has 0 saturated heterocycles. The summed E-state index contributed by atoms with van der Waals surface area (Å²) in [4.78, 5) is 13.8. The molecule has 0 aliphatic carbocycles. The van der Waals surface area contributed by atoms with E-state index < -0.39 is 7.92 Å². The van der Waals surface area contributed by atoms with Crippen LogP contribution in [0.4, 0.5) is 10.5 Å². The Kier molecular flexibility index (Phi) is 7.99. The van der Waals surface area contributed by atoms with Gasteiger partial charge < -0.3 is 10.6 Å². The molecule has 0 aromatic heterocycles. The molecule has 2 amide bonds. The van der Waals surface area contributed by atoms with Gasteiger partial charge in [-0.1, -0.05) is 160 Å². The minimum Gasteiger partial charge on any atom is -0.330 e. The van der Waals surface area contributed by atoms with E-state index >= 15 is 0 Å². The molecule has 3 nitrogen and oxygen atoms in total. The van der Waals surface area contributed by atoms with E-state index in [1.807, 2.05) is 36.4 Å². The number of hydrogen-bond acceptors (Lipinski definition) is 1. The number of carbonyl (C=O) groups is 1. The highest BCUT2D eigenvalue weighted by molar-refractivity contribution is 7.56. The Balaban J connectivity index is 1.31. The smallest absolute Gasteiger partial charge is 0.319 e. The van der Waals surface area contributed by atoms with Gasteiger partial charge in [-0.2, -0.15) is 0 Å². The zero-order valence-corrected chi connectivity index (χ0v) is 26.9. The summed E-state index contributed by atoms with van der Waals surface area (Å²) in [6.07, 6.45) is 1.90. The second kappa shape index (κ2) is 12.9. The summed E-state index contributed by atoms with van der Waals surface area (Å²) in [5, 5.41) is 11.7. The largest absolute Gasteiger partial charge is 0.330 e. The molecule has 7 aromatic carbocycles. The highest BCUT2D eigenvalue weighted by Crippen LogP contribution is 2.64. The van der Waals surface area contributed by atoms with Crippen molar-refractivity contribution >= 4 is 41.2 Å². The number of nitrogens with one attached hydrogen (secondary N) is 2. The summed E-state index contributed by atoms with van der Waals surface area (Å²) >= 11 is 0. The first kappa shape index (κ1) is 29.2. The summed E-state index contributed by atoms with van der Waals surface area (Å²) in [6, 6.07) is 57.4. The predicted molar refractivity (Wildman–Crippen MR) is 198 cm³/mol. The topological polar surface area (TPSA) is 41.1 Å². The van der Waals surface area contributed by atoms with Crippen LogP contribution in [0.5, 0.6) is 0 Å². The summed E-state index contributed by atoms with van der Waals surface area (Å²) < 4.78 is 0. The molecule has 228 valence electrons. The first-order chi connectivity index (χ1) is 23.2. The van der Waals surface area contributed by atoms with Crippen LogP contribution in [0.1, 0.15) is 34.0 Å². The van der Waals surface area contributed by atoms with Gasteiger partial charge in [-0.25, -0.2) is 4.79 Å². The first-order valence-corrected chi connectivity index (χ1v) is 18.0. The van der Waals surface area contributed by atoms with Crippen molar-refractivity contribution in [3.05, 3.63) is 186 Å². The molecule has 0 fully saturated rings. The molecule has 4 heteroatoms. The number of para-hydroxylation sites is 1. The minimum atomic E-state index is -0.717. The number of fused-ring (bicyclic) bond motifs is 7. The van der Waals surface area contributed by atoms with Crippen LogP contribution in [0.15, 0.2) is 164 Å². The number of anilines is 1. The van der Waals surface area contributed by atoms with Gasteiger partial charge in [-0.3, -0.25) is 0 Å². The van der Waals surface area contributed by atoms with E-state index in [1.54, 1.807) is 0 Å². The molecular formula is C43H35N2OP. The standard InChI is InChI=1S/C43H35N2OP/c46-43(44-36-20-8-3-9-21-36)45-41(32-16-4-1-5-17-32)42(33-18-6-2-7-19-33)47-28-34-26-24-30-14-10-12-22-37(30)39(34)40-35(29-47)27-25-31-15-11-13-23-38(31)40/h1-27,41-42H,28-29H2,(H2,44,45,46)/t41-,42-/m0/s1. The van der Waals surface area contributed by atoms with E-state index in [0.29, 0.717) is 0 Å². The van der Waals surface area contributed by atoms with Crippen molar-refractivity contribution in [2.24, 2.45) is 0 Å². The van der Waals surface area contributed by atoms with Crippen molar-refractivity contribution in [3.8, 4) is 11.1 Å². The number of carbonyl (C=O) groups excluding carboxylic acids is 1. The first-order valence-electron chi connectivity index (χ1n) is 16.2. The van der Waals surface area contributed by atoms with Gasteiger partial charge in [0.2, 0.25) is 0 Å². The molecule has 1 aliphatic heterocycles. The van der Waals surface area contributed by atoms with Crippen LogP contribution in [0, 0.1) is 0 Å². The lowest BCUT2D eigenvalue weighted by Gasteiger charge is -2.35. The maximum atomic E-state index is 13.8.